The molecule has 10 heavy (non-hydrogen) atoms. The van der Waals surface area contributed by atoms with E-state index in [9.17, 15) is 0 Å². The summed E-state index contributed by atoms with van der Waals surface area (Å²) in [5.74, 6) is 0.193. The minimum atomic E-state index is -0.620. The molecule has 1 fully saturated rings. The third-order valence-corrected chi connectivity index (χ3v) is 2.15. The third kappa shape index (κ3) is 1.68. The van der Waals surface area contributed by atoms with Crippen molar-refractivity contribution < 1.29 is 15.3 Å². The van der Waals surface area contributed by atoms with Crippen LogP contribution in [0, 0.1) is 5.92 Å². The van der Waals surface area contributed by atoms with Crippen LogP contribution in [0.3, 0.4) is 0 Å². The summed E-state index contributed by atoms with van der Waals surface area (Å²) in [6, 6.07) is 0. The van der Waals surface area contributed by atoms with Crippen LogP contribution in [0.15, 0.2) is 0 Å². The van der Waals surface area contributed by atoms with Crippen molar-refractivity contribution in [3.8, 4) is 0 Å². The summed E-state index contributed by atoms with van der Waals surface area (Å²) in [7, 11) is 0. The second kappa shape index (κ2) is 3.32. The highest BCUT2D eigenvalue weighted by atomic mass is 16.3. The SMILES string of the molecule is OC[C@H]1CC[C@@H](O)[C@@H](O)C1. The van der Waals surface area contributed by atoms with Crippen molar-refractivity contribution in [3.63, 3.8) is 0 Å². The Morgan fingerprint density at radius 3 is 2.30 bits per heavy atom. The van der Waals surface area contributed by atoms with Gasteiger partial charge in [0.2, 0.25) is 0 Å². The number of aliphatic hydroxyl groups is 3. The van der Waals surface area contributed by atoms with Gasteiger partial charge in [-0.15, -0.1) is 0 Å². The average molecular weight is 146 g/mol. The van der Waals surface area contributed by atoms with E-state index in [1.165, 1.54) is 0 Å². The van der Waals surface area contributed by atoms with Gasteiger partial charge >= 0.3 is 0 Å². The zero-order valence-electron chi connectivity index (χ0n) is 5.90. The first-order valence-corrected chi connectivity index (χ1v) is 3.71. The minimum absolute atomic E-state index is 0.129. The summed E-state index contributed by atoms with van der Waals surface area (Å²) in [5, 5.41) is 26.9. The number of hydrogen-bond acceptors (Lipinski definition) is 3. The lowest BCUT2D eigenvalue weighted by Gasteiger charge is -2.28. The van der Waals surface area contributed by atoms with Gasteiger partial charge in [0.1, 0.15) is 0 Å². The van der Waals surface area contributed by atoms with E-state index in [0.29, 0.717) is 12.8 Å². The van der Waals surface area contributed by atoms with Crippen molar-refractivity contribution in [2.45, 2.75) is 31.5 Å². The Hall–Kier alpha value is -0.120. The first kappa shape index (κ1) is 7.98. The molecule has 3 N–H and O–H groups in total. The molecule has 0 saturated heterocycles. The maximum atomic E-state index is 9.12. The van der Waals surface area contributed by atoms with E-state index >= 15 is 0 Å². The highest BCUT2D eigenvalue weighted by Gasteiger charge is 2.26. The lowest BCUT2D eigenvalue weighted by atomic mass is 9.86. The molecule has 0 amide bonds. The van der Waals surface area contributed by atoms with Crippen LogP contribution >= 0.6 is 0 Å². The Balaban J connectivity index is 2.33. The van der Waals surface area contributed by atoms with E-state index in [0.717, 1.165) is 6.42 Å². The molecule has 0 aliphatic heterocycles. The predicted octanol–water partition coefficient (Wildman–Crippen LogP) is -0.499. The van der Waals surface area contributed by atoms with Crippen LogP contribution in [0.2, 0.25) is 0 Å². The molecule has 1 aliphatic carbocycles. The minimum Gasteiger partial charge on any atom is -0.396 e. The molecule has 0 radical (unpaired) electrons. The molecule has 3 atom stereocenters. The van der Waals surface area contributed by atoms with Gasteiger partial charge in [-0.2, -0.15) is 0 Å². The van der Waals surface area contributed by atoms with E-state index in [2.05, 4.69) is 0 Å². The van der Waals surface area contributed by atoms with Crippen molar-refractivity contribution in [2.75, 3.05) is 6.61 Å². The van der Waals surface area contributed by atoms with Crippen molar-refractivity contribution in [3.05, 3.63) is 0 Å². The van der Waals surface area contributed by atoms with Crippen LogP contribution in [0.4, 0.5) is 0 Å². The molecule has 3 nitrogen and oxygen atoms in total. The van der Waals surface area contributed by atoms with Gasteiger partial charge in [-0.05, 0) is 25.2 Å². The van der Waals surface area contributed by atoms with Crippen LogP contribution in [0.25, 0.3) is 0 Å². The molecular formula is C7H14O3. The van der Waals surface area contributed by atoms with Gasteiger partial charge < -0.3 is 15.3 Å². The normalized spacial score (nSPS) is 41.7. The lowest BCUT2D eigenvalue weighted by molar-refractivity contribution is -0.0333. The third-order valence-electron chi connectivity index (χ3n) is 2.15. The van der Waals surface area contributed by atoms with Crippen molar-refractivity contribution >= 4 is 0 Å². The highest BCUT2D eigenvalue weighted by Crippen LogP contribution is 2.23. The number of rotatable bonds is 1. The molecule has 60 valence electrons. The molecule has 0 heterocycles. The van der Waals surface area contributed by atoms with Crippen molar-refractivity contribution in [2.24, 2.45) is 5.92 Å². The summed E-state index contributed by atoms with van der Waals surface area (Å²) in [6.45, 7) is 0.129. The summed E-state index contributed by atoms with van der Waals surface area (Å²) in [5.41, 5.74) is 0. The lowest BCUT2D eigenvalue weighted by Crippen LogP contribution is -2.34. The maximum absolute atomic E-state index is 9.12. The van der Waals surface area contributed by atoms with E-state index in [1.807, 2.05) is 0 Å². The van der Waals surface area contributed by atoms with Crippen LogP contribution in [-0.2, 0) is 0 Å². The van der Waals surface area contributed by atoms with E-state index in [4.69, 9.17) is 15.3 Å². The Morgan fingerprint density at radius 2 is 1.80 bits per heavy atom. The molecular weight excluding hydrogens is 132 g/mol. The van der Waals surface area contributed by atoms with Crippen LogP contribution in [-0.4, -0.2) is 34.1 Å². The largest absolute Gasteiger partial charge is 0.396 e. The van der Waals surface area contributed by atoms with Crippen LogP contribution in [0.1, 0.15) is 19.3 Å². The predicted molar refractivity (Wildman–Crippen MR) is 36.4 cm³/mol. The highest BCUT2D eigenvalue weighted by molar-refractivity contribution is 4.78. The van der Waals surface area contributed by atoms with Gasteiger partial charge in [-0.1, -0.05) is 0 Å². The Bertz CT molecular complexity index is 105. The molecule has 0 unspecified atom stereocenters. The zero-order valence-corrected chi connectivity index (χ0v) is 5.90. The summed E-state index contributed by atoms with van der Waals surface area (Å²) in [6.07, 6.45) is 0.799. The zero-order chi connectivity index (χ0) is 7.56. The monoisotopic (exact) mass is 146 g/mol. The summed E-state index contributed by atoms with van der Waals surface area (Å²) >= 11 is 0. The first-order valence-electron chi connectivity index (χ1n) is 3.71. The summed E-state index contributed by atoms with van der Waals surface area (Å²) in [4.78, 5) is 0. The molecule has 0 spiro atoms. The number of aliphatic hydroxyl groups excluding tert-OH is 3. The quantitative estimate of drug-likeness (QED) is 0.467. The standard InChI is InChI=1S/C7H14O3/c8-4-5-1-2-6(9)7(10)3-5/h5-10H,1-4H2/t5-,6+,7-/m0/s1. The molecule has 1 rings (SSSR count). The molecule has 0 aromatic carbocycles. The smallest absolute Gasteiger partial charge is 0.0802 e. The Morgan fingerprint density at radius 1 is 1.10 bits per heavy atom. The van der Waals surface area contributed by atoms with E-state index < -0.39 is 12.2 Å². The maximum Gasteiger partial charge on any atom is 0.0802 e. The fourth-order valence-electron chi connectivity index (χ4n) is 1.38. The topological polar surface area (TPSA) is 60.7 Å². The first-order chi connectivity index (χ1) is 4.74. The van der Waals surface area contributed by atoms with E-state index in [1.54, 1.807) is 0 Å². The van der Waals surface area contributed by atoms with Crippen molar-refractivity contribution in [1.82, 2.24) is 0 Å². The second-order valence-electron chi connectivity index (χ2n) is 3.00. The van der Waals surface area contributed by atoms with Gasteiger partial charge in [0.25, 0.3) is 0 Å². The van der Waals surface area contributed by atoms with Crippen molar-refractivity contribution in [1.29, 1.82) is 0 Å². The molecule has 3 heteroatoms. The number of hydrogen-bond donors (Lipinski definition) is 3. The van der Waals surface area contributed by atoms with Crippen LogP contribution < -0.4 is 0 Å². The van der Waals surface area contributed by atoms with Gasteiger partial charge in [-0.25, -0.2) is 0 Å². The molecule has 1 saturated carbocycles. The Labute approximate surface area is 60.3 Å². The molecule has 0 aromatic heterocycles. The van der Waals surface area contributed by atoms with Crippen LogP contribution in [0.5, 0.6) is 0 Å². The fraction of sp³-hybridized carbons (Fsp3) is 1.00. The average Bonchev–Trinajstić information content (AvgIpc) is 1.95. The van der Waals surface area contributed by atoms with Gasteiger partial charge in [-0.3, -0.25) is 0 Å². The van der Waals surface area contributed by atoms with Gasteiger partial charge in [0, 0.05) is 6.61 Å². The van der Waals surface area contributed by atoms with E-state index in [-0.39, 0.29) is 12.5 Å². The Kier molecular flexibility index (Phi) is 2.65. The fourth-order valence-corrected chi connectivity index (χ4v) is 1.38. The molecule has 1 aliphatic rings. The molecule has 0 aromatic rings. The van der Waals surface area contributed by atoms with Gasteiger partial charge in [0.15, 0.2) is 0 Å². The molecule has 0 bridgehead atoms. The summed E-state index contributed by atoms with van der Waals surface area (Å²) < 4.78 is 0. The second-order valence-corrected chi connectivity index (χ2v) is 3.00. The van der Waals surface area contributed by atoms with Gasteiger partial charge in [0.05, 0.1) is 12.2 Å².